The van der Waals surface area contributed by atoms with E-state index in [0.29, 0.717) is 13.0 Å². The molecule has 56 valence electrons. The molecule has 0 aromatic heterocycles. The summed E-state index contributed by atoms with van der Waals surface area (Å²) in [7, 11) is 0. The van der Waals surface area contributed by atoms with Crippen LogP contribution in [0.25, 0.3) is 0 Å². The fourth-order valence-electron chi connectivity index (χ4n) is 0.772. The molecule has 1 aliphatic heterocycles. The minimum atomic E-state index is -0.661. The summed E-state index contributed by atoms with van der Waals surface area (Å²) in [6, 6.07) is 0. The minimum absolute atomic E-state index is 0.263. The van der Waals surface area contributed by atoms with Crippen molar-refractivity contribution in [1.82, 2.24) is 0 Å². The molecule has 1 saturated heterocycles. The SMILES string of the molecule is O=CC(=O)C1CCCOO1. The number of Topliss-reactive ketones (excluding diaryl/α,β-unsaturated/α-hetero) is 1. The lowest BCUT2D eigenvalue weighted by molar-refractivity contribution is -0.334. The summed E-state index contributed by atoms with van der Waals surface area (Å²) in [5, 5.41) is 0. The molecule has 10 heavy (non-hydrogen) atoms. The molecule has 0 amide bonds. The first kappa shape index (κ1) is 7.37. The summed E-state index contributed by atoms with van der Waals surface area (Å²) in [6.07, 6.45) is 0.951. The van der Waals surface area contributed by atoms with Gasteiger partial charge in [0.15, 0.2) is 12.4 Å². The number of aldehydes is 1. The van der Waals surface area contributed by atoms with E-state index >= 15 is 0 Å². The third-order valence-corrected chi connectivity index (χ3v) is 1.31. The lowest BCUT2D eigenvalue weighted by atomic mass is 10.1. The van der Waals surface area contributed by atoms with Crippen LogP contribution in [0, 0.1) is 0 Å². The van der Waals surface area contributed by atoms with Crippen molar-refractivity contribution in [2.75, 3.05) is 6.61 Å². The predicted octanol–water partition coefficient (Wildman–Crippen LogP) is -0.135. The topological polar surface area (TPSA) is 52.6 Å². The average molecular weight is 144 g/mol. The van der Waals surface area contributed by atoms with Crippen molar-refractivity contribution in [2.45, 2.75) is 18.9 Å². The summed E-state index contributed by atoms with van der Waals surface area (Å²) in [6.45, 7) is 0.503. The molecule has 0 bridgehead atoms. The first-order valence-corrected chi connectivity index (χ1v) is 3.12. The van der Waals surface area contributed by atoms with Gasteiger partial charge in [0.05, 0.1) is 6.61 Å². The van der Waals surface area contributed by atoms with E-state index in [9.17, 15) is 9.59 Å². The Balaban J connectivity index is 2.38. The second kappa shape index (κ2) is 3.43. The lowest BCUT2D eigenvalue weighted by Gasteiger charge is -2.17. The summed E-state index contributed by atoms with van der Waals surface area (Å²) in [5.41, 5.74) is 0. The molecule has 0 spiro atoms. The number of ketones is 1. The van der Waals surface area contributed by atoms with E-state index in [1.165, 1.54) is 0 Å². The zero-order valence-electron chi connectivity index (χ0n) is 5.41. The molecule has 1 unspecified atom stereocenters. The van der Waals surface area contributed by atoms with Crippen molar-refractivity contribution in [3.63, 3.8) is 0 Å². The van der Waals surface area contributed by atoms with E-state index in [0.717, 1.165) is 6.42 Å². The highest BCUT2D eigenvalue weighted by molar-refractivity contribution is 6.27. The number of rotatable bonds is 2. The maximum absolute atomic E-state index is 10.6. The molecular formula is C6H8O4. The Morgan fingerprint density at radius 2 is 2.40 bits per heavy atom. The van der Waals surface area contributed by atoms with E-state index in [4.69, 9.17) is 0 Å². The van der Waals surface area contributed by atoms with Crippen LogP contribution >= 0.6 is 0 Å². The standard InChI is InChI=1S/C6H8O4/c7-4-5(8)6-2-1-3-9-10-6/h4,6H,1-3H2. The molecule has 0 N–H and O–H groups in total. The largest absolute Gasteiger partial charge is 0.294 e. The third-order valence-electron chi connectivity index (χ3n) is 1.31. The fraction of sp³-hybridized carbons (Fsp3) is 0.667. The smallest absolute Gasteiger partial charge is 0.227 e. The van der Waals surface area contributed by atoms with Gasteiger partial charge in [-0.05, 0) is 12.8 Å². The van der Waals surface area contributed by atoms with Crippen LogP contribution in [0.15, 0.2) is 0 Å². The van der Waals surface area contributed by atoms with Crippen LogP contribution in [0.3, 0.4) is 0 Å². The highest BCUT2D eigenvalue weighted by Gasteiger charge is 2.22. The monoisotopic (exact) mass is 144 g/mol. The quantitative estimate of drug-likeness (QED) is 0.307. The van der Waals surface area contributed by atoms with E-state index in [-0.39, 0.29) is 6.29 Å². The Labute approximate surface area is 58.0 Å². The van der Waals surface area contributed by atoms with Crippen LogP contribution in [0.5, 0.6) is 0 Å². The maximum Gasteiger partial charge on any atom is 0.227 e. The second-order valence-corrected chi connectivity index (χ2v) is 2.07. The van der Waals surface area contributed by atoms with Crippen molar-refractivity contribution >= 4 is 12.1 Å². The number of carbonyl (C=O) groups excluding carboxylic acids is 2. The number of hydrogen-bond donors (Lipinski definition) is 0. The van der Waals surface area contributed by atoms with Crippen molar-refractivity contribution in [3.05, 3.63) is 0 Å². The highest BCUT2D eigenvalue weighted by atomic mass is 17.2. The van der Waals surface area contributed by atoms with Crippen molar-refractivity contribution < 1.29 is 19.4 Å². The van der Waals surface area contributed by atoms with Gasteiger partial charge >= 0.3 is 0 Å². The fourth-order valence-corrected chi connectivity index (χ4v) is 0.772. The first-order valence-electron chi connectivity index (χ1n) is 3.12. The molecule has 4 heteroatoms. The van der Waals surface area contributed by atoms with Gasteiger partial charge in [-0.2, -0.15) is 0 Å². The van der Waals surface area contributed by atoms with E-state index < -0.39 is 11.9 Å². The van der Waals surface area contributed by atoms with Gasteiger partial charge in [-0.15, -0.1) is 0 Å². The lowest BCUT2D eigenvalue weighted by Crippen LogP contribution is -2.29. The molecule has 1 aliphatic rings. The number of hydrogen-bond acceptors (Lipinski definition) is 4. The van der Waals surface area contributed by atoms with Gasteiger partial charge in [0.1, 0.15) is 0 Å². The minimum Gasteiger partial charge on any atom is -0.294 e. The Hall–Kier alpha value is -0.740. The number of carbonyl (C=O) groups is 2. The van der Waals surface area contributed by atoms with Gasteiger partial charge in [0.2, 0.25) is 5.78 Å². The van der Waals surface area contributed by atoms with Crippen LogP contribution in [-0.4, -0.2) is 24.8 Å². The molecular weight excluding hydrogens is 136 g/mol. The van der Waals surface area contributed by atoms with E-state index in [2.05, 4.69) is 9.78 Å². The Bertz CT molecular complexity index is 137. The van der Waals surface area contributed by atoms with Gasteiger partial charge in [0.25, 0.3) is 0 Å². The Kier molecular flexibility index (Phi) is 2.53. The second-order valence-electron chi connectivity index (χ2n) is 2.07. The van der Waals surface area contributed by atoms with Gasteiger partial charge in [-0.1, -0.05) is 0 Å². The summed E-state index contributed by atoms with van der Waals surface area (Å²) >= 11 is 0. The van der Waals surface area contributed by atoms with Gasteiger partial charge in [-0.25, -0.2) is 9.78 Å². The zero-order valence-corrected chi connectivity index (χ0v) is 5.41. The molecule has 1 heterocycles. The molecule has 0 aliphatic carbocycles. The normalized spacial score (nSPS) is 25.8. The average Bonchev–Trinajstić information content (AvgIpc) is 2.05. The highest BCUT2D eigenvalue weighted by Crippen LogP contribution is 2.09. The van der Waals surface area contributed by atoms with Gasteiger partial charge in [-0.3, -0.25) is 9.59 Å². The Morgan fingerprint density at radius 3 is 2.90 bits per heavy atom. The first-order chi connectivity index (χ1) is 4.84. The summed E-state index contributed by atoms with van der Waals surface area (Å²) < 4.78 is 0. The van der Waals surface area contributed by atoms with E-state index in [1.54, 1.807) is 0 Å². The predicted molar refractivity (Wildman–Crippen MR) is 31.1 cm³/mol. The summed E-state index contributed by atoms with van der Waals surface area (Å²) in [4.78, 5) is 29.6. The van der Waals surface area contributed by atoms with Crippen molar-refractivity contribution in [1.29, 1.82) is 0 Å². The molecule has 1 rings (SSSR count). The molecule has 4 nitrogen and oxygen atoms in total. The van der Waals surface area contributed by atoms with Crippen LogP contribution < -0.4 is 0 Å². The van der Waals surface area contributed by atoms with Crippen LogP contribution in [0.4, 0.5) is 0 Å². The molecule has 1 atom stereocenters. The van der Waals surface area contributed by atoms with Gasteiger partial charge < -0.3 is 0 Å². The zero-order chi connectivity index (χ0) is 7.40. The van der Waals surface area contributed by atoms with Gasteiger partial charge in [0, 0.05) is 0 Å². The Morgan fingerprint density at radius 1 is 1.60 bits per heavy atom. The molecule has 1 fully saturated rings. The van der Waals surface area contributed by atoms with Crippen LogP contribution in [0.2, 0.25) is 0 Å². The third kappa shape index (κ3) is 1.62. The maximum atomic E-state index is 10.6. The van der Waals surface area contributed by atoms with Crippen molar-refractivity contribution in [3.8, 4) is 0 Å². The molecule has 0 saturated carbocycles. The molecule has 0 aromatic rings. The molecule has 0 aromatic carbocycles. The van der Waals surface area contributed by atoms with Crippen LogP contribution in [-0.2, 0) is 19.4 Å². The van der Waals surface area contributed by atoms with Crippen molar-refractivity contribution in [2.24, 2.45) is 0 Å². The van der Waals surface area contributed by atoms with E-state index in [1.807, 2.05) is 0 Å². The summed E-state index contributed by atoms with van der Waals surface area (Å²) in [5.74, 6) is -0.542. The molecule has 0 radical (unpaired) electrons. The van der Waals surface area contributed by atoms with Crippen LogP contribution in [0.1, 0.15) is 12.8 Å².